The van der Waals surface area contributed by atoms with E-state index in [0.29, 0.717) is 32.6 Å². The van der Waals surface area contributed by atoms with Crippen molar-refractivity contribution >= 4 is 35.5 Å². The van der Waals surface area contributed by atoms with Crippen molar-refractivity contribution in [2.75, 3.05) is 0 Å². The van der Waals surface area contributed by atoms with Crippen LogP contribution in [0.5, 0.6) is 5.88 Å². The predicted octanol–water partition coefficient (Wildman–Crippen LogP) is 8.85. The second-order valence-corrected chi connectivity index (χ2v) is 10.6. The third-order valence-corrected chi connectivity index (χ3v) is 7.23. The number of aromatic nitrogens is 3. The van der Waals surface area contributed by atoms with E-state index in [2.05, 4.69) is 10.1 Å². The van der Waals surface area contributed by atoms with Gasteiger partial charge in [0.2, 0.25) is 11.4 Å². The van der Waals surface area contributed by atoms with Crippen LogP contribution in [0.25, 0.3) is 11.3 Å². The molecule has 0 saturated heterocycles. The molecule has 18 heteroatoms. The van der Waals surface area contributed by atoms with Gasteiger partial charge in [-0.05, 0) is 48.9 Å². The second-order valence-electron chi connectivity index (χ2n) is 9.78. The summed E-state index contributed by atoms with van der Waals surface area (Å²) < 4.78 is 118. The molecule has 0 spiro atoms. The monoisotopic (exact) mass is 750 g/mol. The van der Waals surface area contributed by atoms with Crippen LogP contribution in [0.15, 0.2) is 51.8 Å². The van der Waals surface area contributed by atoms with Gasteiger partial charge in [-0.15, -0.1) is 0 Å². The summed E-state index contributed by atoms with van der Waals surface area (Å²) in [5.74, 6) is 0.716. The lowest BCUT2D eigenvalue weighted by Gasteiger charge is -2.13. The molecule has 0 aliphatic heterocycles. The van der Waals surface area contributed by atoms with Gasteiger partial charge in [0.25, 0.3) is 0 Å². The lowest BCUT2D eigenvalue weighted by atomic mass is 10.0. The molecule has 49 heavy (non-hydrogen) atoms. The number of halogens is 8. The van der Waals surface area contributed by atoms with E-state index < -0.39 is 29.3 Å². The number of rotatable bonds is 7. The van der Waals surface area contributed by atoms with Gasteiger partial charge >= 0.3 is 24.7 Å². The summed E-state index contributed by atoms with van der Waals surface area (Å²) in [7, 11) is 0. The van der Waals surface area contributed by atoms with Gasteiger partial charge in [0.05, 0.1) is 15.6 Å². The normalized spacial score (nSPS) is 12.6. The number of aryl methyl sites for hydroxylation is 2. The van der Waals surface area contributed by atoms with Crippen LogP contribution in [0.4, 0.5) is 26.3 Å². The maximum Gasteiger partial charge on any atom is 0.433 e. The summed E-state index contributed by atoms with van der Waals surface area (Å²) in [4.78, 5) is 48.6. The molecule has 1 aromatic carbocycles. The molecule has 10 nitrogen and oxygen atoms in total. The number of pyridine rings is 2. The Bertz CT molecular complexity index is 1840. The van der Waals surface area contributed by atoms with Crippen LogP contribution in [0.3, 0.4) is 0 Å². The fourth-order valence-corrected chi connectivity index (χ4v) is 4.90. The number of benzene rings is 1. The minimum Gasteiger partial charge on any atom is -0.473 e. The summed E-state index contributed by atoms with van der Waals surface area (Å²) in [6, 6.07) is 10.2. The fraction of sp³-hybridized carbons (Fsp3) is 0.323. The van der Waals surface area contributed by atoms with Gasteiger partial charge in [0.15, 0.2) is 5.69 Å². The van der Waals surface area contributed by atoms with E-state index in [0.717, 1.165) is 18.9 Å². The summed E-state index contributed by atoms with van der Waals surface area (Å²) >= 11 is 12.6. The third kappa shape index (κ3) is 11.4. The third-order valence-electron chi connectivity index (χ3n) is 6.60. The first-order valence-electron chi connectivity index (χ1n) is 17.0. The van der Waals surface area contributed by atoms with Gasteiger partial charge in [0, 0.05) is 33.9 Å². The number of hydrogen-bond donors (Lipinski definition) is 1. The first kappa shape index (κ1) is 35.6. The Hall–Kier alpha value is -4.75. The minimum absolute atomic E-state index is 0. The van der Waals surface area contributed by atoms with Crippen LogP contribution >= 0.6 is 23.2 Å². The van der Waals surface area contributed by atoms with Crippen molar-refractivity contribution in [3.8, 4) is 17.1 Å². The van der Waals surface area contributed by atoms with E-state index in [9.17, 15) is 31.1 Å². The summed E-state index contributed by atoms with van der Waals surface area (Å²) in [6.45, 7) is 3.18. The van der Waals surface area contributed by atoms with Crippen molar-refractivity contribution in [2.45, 2.75) is 64.4 Å². The summed E-state index contributed by atoms with van der Waals surface area (Å²) in [6.07, 6.45) is -6.19. The number of H-pyrrole nitrogens is 1. The van der Waals surface area contributed by atoms with Gasteiger partial charge in [-0.25, -0.2) is 4.98 Å². The Labute approximate surface area is 294 Å². The van der Waals surface area contributed by atoms with Crippen molar-refractivity contribution in [3.63, 3.8) is 0 Å². The Kier molecular flexibility index (Phi) is 13.2. The van der Waals surface area contributed by atoms with Crippen LogP contribution < -0.4 is 10.3 Å². The molecular weight excluding hydrogens is 711 g/mol. The van der Waals surface area contributed by atoms with E-state index in [1.54, 1.807) is 37.0 Å². The Balaban J connectivity index is -0.000000902. The number of nitrogens with one attached hydrogen (secondary N) is 1. The van der Waals surface area contributed by atoms with Gasteiger partial charge < -0.3 is 14.2 Å². The zero-order chi connectivity index (χ0) is 42.9. The molecule has 0 unspecified atom stereocenters. The van der Waals surface area contributed by atoms with Crippen molar-refractivity contribution in [3.05, 3.63) is 96.7 Å². The highest BCUT2D eigenvalue weighted by molar-refractivity contribution is 6.39. The predicted molar refractivity (Wildman–Crippen MR) is 167 cm³/mol. The van der Waals surface area contributed by atoms with Crippen LogP contribution in [0.1, 0.15) is 76.8 Å². The standard InChI is InChI=1S/C21H17Cl2F3N2O2.C8H8F3NO.2CO2.4H2/c1-2-11-8-9-16(27-20(11)21(24,25)26)29-10-13-18(28-30-19(13)12-6-7-12)17-14(22)4-3-5-15(17)23;1-2-5-3-4-6(13)12-7(5)8(9,10)11;2*2-1-3;;;;/h3-5,8-9,12H,2,6-7,10H2,1H3;3-4H,2H2,1H3,(H,12,13);;;4*1H/i;;;;3*1+1D;1+1. The highest BCUT2D eigenvalue weighted by Gasteiger charge is 2.37. The molecular formula is C31H33Cl2F6N3O7. The number of alkyl halides is 6. The molecule has 1 saturated carbocycles. The molecule has 0 atom stereocenters. The average Bonchev–Trinajstić information content (AvgIpc) is 3.93. The van der Waals surface area contributed by atoms with E-state index in [1.807, 2.05) is 0 Å². The molecule has 270 valence electrons. The first-order valence-corrected chi connectivity index (χ1v) is 14.7. The number of ether oxygens (including phenoxy) is 1. The molecule has 5 rings (SSSR count). The Morgan fingerprint density at radius 1 is 0.918 bits per heavy atom. The van der Waals surface area contributed by atoms with Crippen LogP contribution in [0.2, 0.25) is 10.0 Å². The Morgan fingerprint density at radius 2 is 1.47 bits per heavy atom. The maximum atomic E-state index is 13.3. The average molecular weight is 752 g/mol. The maximum absolute atomic E-state index is 13.3. The number of carbonyl (C=O) groups excluding carboxylic acids is 4. The molecule has 1 fully saturated rings. The first-order chi connectivity index (χ1) is 26.1. The molecule has 1 N–H and O–H groups in total. The van der Waals surface area contributed by atoms with Gasteiger partial charge in [-0.1, -0.05) is 60.4 Å². The van der Waals surface area contributed by atoms with Gasteiger partial charge in [-0.3, -0.25) is 4.79 Å². The molecule has 1 aliphatic rings. The fourth-order valence-electron chi connectivity index (χ4n) is 4.33. The summed E-state index contributed by atoms with van der Waals surface area (Å²) in [5, 5.41) is 4.93. The van der Waals surface area contributed by atoms with Crippen LogP contribution in [-0.4, -0.2) is 27.4 Å². The highest BCUT2D eigenvalue weighted by atomic mass is 35.5. The van der Waals surface area contributed by atoms with Gasteiger partial charge in [-0.2, -0.15) is 45.5 Å². The van der Waals surface area contributed by atoms with Crippen molar-refractivity contribution in [1.82, 2.24) is 15.1 Å². The molecule has 0 radical (unpaired) electrons. The summed E-state index contributed by atoms with van der Waals surface area (Å²) in [5.41, 5.74) is -0.859. The number of hydrogen-bond acceptors (Lipinski definition) is 9. The zero-order valence-corrected chi connectivity index (χ0v) is 26.9. The topological polar surface area (TPSA) is 149 Å². The van der Waals surface area contributed by atoms with Crippen LogP contribution in [0, 0.1) is 0 Å². The molecule has 3 aromatic heterocycles. The minimum atomic E-state index is -4.56. The second kappa shape index (κ2) is 18.1. The molecule has 1 aliphatic carbocycles. The number of aromatic amines is 1. The SMILES string of the molecule is CCc1ccc(=O)[nH]c1C(F)(F)F.CCc1ccc(OCc2c(-c3c(Cl)cccc3Cl)noc2C2CC2)nc1C(F)(F)F.O=C=O.O=C=O.[2HH].[2H][2H].[2H][2H].[2H][2H]. The largest absolute Gasteiger partial charge is 0.473 e. The van der Waals surface area contributed by atoms with E-state index in [-0.39, 0.29) is 56.1 Å². The smallest absolute Gasteiger partial charge is 0.433 e. The van der Waals surface area contributed by atoms with Gasteiger partial charge in [0.1, 0.15) is 23.8 Å². The molecule has 0 amide bonds. The van der Waals surface area contributed by atoms with Crippen LogP contribution in [-0.2, 0) is 51.0 Å². The van der Waals surface area contributed by atoms with E-state index in [4.69, 9.17) is 60.5 Å². The molecule has 0 bridgehead atoms. The molecule has 3 heterocycles. The van der Waals surface area contributed by atoms with E-state index in [1.165, 1.54) is 18.2 Å². The zero-order valence-electron chi connectivity index (χ0n) is 31.4. The Morgan fingerprint density at radius 3 is 1.96 bits per heavy atom. The highest BCUT2D eigenvalue weighted by Crippen LogP contribution is 2.46. The van der Waals surface area contributed by atoms with Crippen molar-refractivity contribution in [1.29, 1.82) is 0 Å². The van der Waals surface area contributed by atoms with Crippen molar-refractivity contribution < 1.29 is 65.1 Å². The lowest BCUT2D eigenvalue weighted by molar-refractivity contribution is -0.193. The van der Waals surface area contributed by atoms with E-state index >= 15 is 0 Å². The molecule has 4 aromatic rings. The quantitative estimate of drug-likeness (QED) is 0.183. The lowest BCUT2D eigenvalue weighted by Crippen LogP contribution is -2.18. The number of nitrogens with zero attached hydrogens (tertiary/aromatic N) is 2. The van der Waals surface area contributed by atoms with Crippen molar-refractivity contribution in [2.24, 2.45) is 0 Å².